The second kappa shape index (κ2) is 4.34. The van der Waals surface area contributed by atoms with Crippen molar-refractivity contribution >= 4 is 5.97 Å². The summed E-state index contributed by atoms with van der Waals surface area (Å²) >= 11 is 0. The Labute approximate surface area is 114 Å². The monoisotopic (exact) mass is 264 g/mol. The van der Waals surface area contributed by atoms with Gasteiger partial charge in [-0.1, -0.05) is 12.2 Å². The molecule has 19 heavy (non-hydrogen) atoms. The number of carboxylic acids is 1. The highest BCUT2D eigenvalue weighted by Gasteiger charge is 2.59. The van der Waals surface area contributed by atoms with Crippen LogP contribution in [-0.2, 0) is 4.79 Å². The summed E-state index contributed by atoms with van der Waals surface area (Å²) in [4.78, 5) is 11.2. The zero-order chi connectivity index (χ0) is 13.7. The Kier molecular flexibility index (Phi) is 3.01. The van der Waals surface area contributed by atoms with E-state index in [4.69, 9.17) is 0 Å². The molecule has 0 saturated heterocycles. The van der Waals surface area contributed by atoms with Crippen molar-refractivity contribution in [1.29, 1.82) is 0 Å². The van der Waals surface area contributed by atoms with Crippen molar-refractivity contribution in [3.63, 3.8) is 0 Å². The fourth-order valence-corrected chi connectivity index (χ4v) is 5.57. The van der Waals surface area contributed by atoms with E-state index in [1.165, 1.54) is 19.3 Å². The molecule has 2 N–H and O–H groups in total. The zero-order valence-corrected chi connectivity index (χ0v) is 11.6. The normalized spacial score (nSPS) is 43.6. The van der Waals surface area contributed by atoms with Gasteiger partial charge in [0.2, 0.25) is 0 Å². The maximum atomic E-state index is 11.2. The average molecular weight is 264 g/mol. The van der Waals surface area contributed by atoms with Crippen LogP contribution in [0, 0.1) is 23.2 Å². The molecule has 4 fully saturated rings. The maximum Gasteiger partial charge on any atom is 0.306 e. The molecule has 106 valence electrons. The SMILES string of the molecule is C/C=C/C(O)(CC(=O)O)C12CC3CC(CC(C3)C1)C2. The number of carbonyl (C=O) groups is 1. The molecular weight excluding hydrogens is 240 g/mol. The van der Waals surface area contributed by atoms with Crippen molar-refractivity contribution in [2.24, 2.45) is 23.2 Å². The molecule has 0 amide bonds. The molecule has 0 aromatic heterocycles. The van der Waals surface area contributed by atoms with Crippen LogP contribution in [0.3, 0.4) is 0 Å². The number of carboxylic acid groups (broad SMARTS) is 1. The second-order valence-electron chi connectivity index (χ2n) is 7.19. The summed E-state index contributed by atoms with van der Waals surface area (Å²) in [7, 11) is 0. The van der Waals surface area contributed by atoms with Gasteiger partial charge in [0, 0.05) is 5.41 Å². The van der Waals surface area contributed by atoms with Crippen molar-refractivity contribution in [2.75, 3.05) is 0 Å². The van der Waals surface area contributed by atoms with Gasteiger partial charge in [0.25, 0.3) is 0 Å². The lowest BCUT2D eigenvalue weighted by Crippen LogP contribution is -2.58. The quantitative estimate of drug-likeness (QED) is 0.767. The summed E-state index contributed by atoms with van der Waals surface area (Å²) in [5.74, 6) is 1.27. The molecule has 3 nitrogen and oxygen atoms in total. The van der Waals surface area contributed by atoms with Gasteiger partial charge in [-0.05, 0) is 63.2 Å². The molecule has 0 heterocycles. The van der Waals surface area contributed by atoms with Gasteiger partial charge in [0.05, 0.1) is 12.0 Å². The van der Waals surface area contributed by atoms with E-state index < -0.39 is 11.6 Å². The largest absolute Gasteiger partial charge is 0.481 e. The fourth-order valence-electron chi connectivity index (χ4n) is 5.57. The first-order valence-electron chi connectivity index (χ1n) is 7.54. The lowest BCUT2D eigenvalue weighted by Gasteiger charge is -2.61. The minimum Gasteiger partial charge on any atom is -0.481 e. The Morgan fingerprint density at radius 1 is 1.21 bits per heavy atom. The van der Waals surface area contributed by atoms with Crippen molar-refractivity contribution in [2.45, 2.75) is 57.5 Å². The molecule has 1 atom stereocenters. The molecule has 0 radical (unpaired) electrons. The first-order chi connectivity index (χ1) is 8.96. The second-order valence-corrected chi connectivity index (χ2v) is 7.19. The van der Waals surface area contributed by atoms with Gasteiger partial charge >= 0.3 is 5.97 Å². The number of aliphatic hydroxyl groups is 1. The van der Waals surface area contributed by atoms with Gasteiger partial charge in [-0.25, -0.2) is 0 Å². The van der Waals surface area contributed by atoms with Gasteiger partial charge in [-0.15, -0.1) is 0 Å². The molecule has 0 aromatic carbocycles. The Morgan fingerprint density at radius 2 is 1.68 bits per heavy atom. The maximum absolute atomic E-state index is 11.2. The van der Waals surface area contributed by atoms with Crippen LogP contribution in [0.5, 0.6) is 0 Å². The van der Waals surface area contributed by atoms with Crippen molar-refractivity contribution in [1.82, 2.24) is 0 Å². The molecule has 3 heteroatoms. The van der Waals surface area contributed by atoms with Crippen molar-refractivity contribution < 1.29 is 15.0 Å². The van der Waals surface area contributed by atoms with E-state index in [1.54, 1.807) is 6.08 Å². The molecular formula is C16H24O3. The van der Waals surface area contributed by atoms with Crippen LogP contribution in [0.1, 0.15) is 51.9 Å². The molecule has 4 aliphatic rings. The van der Waals surface area contributed by atoms with Gasteiger partial charge in [0.1, 0.15) is 0 Å². The Morgan fingerprint density at radius 3 is 2.05 bits per heavy atom. The highest BCUT2D eigenvalue weighted by Crippen LogP contribution is 2.64. The number of rotatable bonds is 4. The molecule has 4 aliphatic carbocycles. The Bertz CT molecular complexity index is 377. The number of allylic oxidation sites excluding steroid dienone is 1. The standard InChI is InChI=1S/C16H24O3/c1-2-3-16(19,10-14(17)18)15-7-11-4-12(8-15)6-13(5-11)9-15/h2-3,11-13,19H,4-10H2,1H3,(H,17,18)/b3-2+. The Hall–Kier alpha value is -0.830. The molecule has 0 aromatic rings. The van der Waals surface area contributed by atoms with E-state index in [9.17, 15) is 15.0 Å². The third-order valence-electron chi connectivity index (χ3n) is 5.82. The van der Waals surface area contributed by atoms with E-state index in [-0.39, 0.29) is 11.8 Å². The predicted molar refractivity (Wildman–Crippen MR) is 72.6 cm³/mol. The zero-order valence-electron chi connectivity index (χ0n) is 11.6. The topological polar surface area (TPSA) is 57.5 Å². The fraction of sp³-hybridized carbons (Fsp3) is 0.812. The first-order valence-corrected chi connectivity index (χ1v) is 7.54. The summed E-state index contributed by atoms with van der Waals surface area (Å²) < 4.78 is 0. The highest BCUT2D eigenvalue weighted by atomic mass is 16.4. The molecule has 1 unspecified atom stereocenters. The smallest absolute Gasteiger partial charge is 0.306 e. The van der Waals surface area contributed by atoms with Crippen LogP contribution in [0.25, 0.3) is 0 Å². The molecule has 0 spiro atoms. The summed E-state index contributed by atoms with van der Waals surface area (Å²) in [6, 6.07) is 0. The molecule has 0 aliphatic heterocycles. The molecule has 4 rings (SSSR count). The van der Waals surface area contributed by atoms with Crippen LogP contribution in [0.2, 0.25) is 0 Å². The van der Waals surface area contributed by atoms with Gasteiger partial charge < -0.3 is 10.2 Å². The summed E-state index contributed by atoms with van der Waals surface area (Å²) in [5, 5.41) is 20.3. The Balaban J connectivity index is 1.95. The number of hydrogen-bond donors (Lipinski definition) is 2. The number of hydrogen-bond acceptors (Lipinski definition) is 2. The van der Waals surface area contributed by atoms with Crippen LogP contribution in [0.15, 0.2) is 12.2 Å². The van der Waals surface area contributed by atoms with Crippen LogP contribution < -0.4 is 0 Å². The minimum atomic E-state index is -1.15. The van der Waals surface area contributed by atoms with Gasteiger partial charge in [-0.2, -0.15) is 0 Å². The van der Waals surface area contributed by atoms with Crippen LogP contribution in [-0.4, -0.2) is 21.8 Å². The highest BCUT2D eigenvalue weighted by molar-refractivity contribution is 5.69. The third kappa shape index (κ3) is 2.03. The van der Waals surface area contributed by atoms with E-state index in [1.807, 2.05) is 13.0 Å². The van der Waals surface area contributed by atoms with E-state index in [2.05, 4.69) is 0 Å². The minimum absolute atomic E-state index is 0.149. The van der Waals surface area contributed by atoms with E-state index in [0.717, 1.165) is 37.0 Å². The van der Waals surface area contributed by atoms with E-state index >= 15 is 0 Å². The van der Waals surface area contributed by atoms with Crippen LogP contribution in [0.4, 0.5) is 0 Å². The third-order valence-corrected chi connectivity index (χ3v) is 5.82. The summed E-state index contributed by atoms with van der Waals surface area (Å²) in [6.45, 7) is 1.87. The van der Waals surface area contributed by atoms with Gasteiger partial charge in [-0.3, -0.25) is 4.79 Å². The molecule has 4 saturated carbocycles. The van der Waals surface area contributed by atoms with Crippen molar-refractivity contribution in [3.05, 3.63) is 12.2 Å². The van der Waals surface area contributed by atoms with E-state index in [0.29, 0.717) is 0 Å². The summed E-state index contributed by atoms with van der Waals surface area (Å²) in [6.07, 6.45) is 10.4. The average Bonchev–Trinajstić information content (AvgIpc) is 2.25. The lowest BCUT2D eigenvalue weighted by atomic mass is 9.45. The lowest BCUT2D eigenvalue weighted by molar-refractivity contribution is -0.172. The number of aliphatic carboxylic acids is 1. The van der Waals surface area contributed by atoms with Crippen LogP contribution >= 0.6 is 0 Å². The predicted octanol–water partition coefficient (Wildman–Crippen LogP) is 2.98. The van der Waals surface area contributed by atoms with Crippen molar-refractivity contribution in [3.8, 4) is 0 Å². The van der Waals surface area contributed by atoms with Gasteiger partial charge in [0.15, 0.2) is 0 Å². The first kappa shape index (κ1) is 13.2. The molecule has 4 bridgehead atoms. The summed E-state index contributed by atoms with van der Waals surface area (Å²) in [5.41, 5.74) is -1.32.